The van der Waals surface area contributed by atoms with Gasteiger partial charge in [0.25, 0.3) is 11.8 Å². The standard InChI is InChI=1S/C18H13ClN4O2S/c19-12-7-5-11(6-8-12)15-20-18(22-21-15)26-10-9-23-16(24)13-3-1-2-4-14(13)17(23)25/h1-8H,9-10H2,(H,20,21,22). The van der Waals surface area contributed by atoms with Gasteiger partial charge in [-0.15, -0.1) is 5.10 Å². The van der Waals surface area contributed by atoms with Crippen molar-refractivity contribution in [2.24, 2.45) is 0 Å². The van der Waals surface area contributed by atoms with E-state index in [0.29, 0.717) is 39.4 Å². The summed E-state index contributed by atoms with van der Waals surface area (Å²) in [7, 11) is 0. The van der Waals surface area contributed by atoms with Crippen LogP contribution in [0.5, 0.6) is 0 Å². The lowest BCUT2D eigenvalue weighted by atomic mass is 10.1. The Morgan fingerprint density at radius 3 is 2.31 bits per heavy atom. The fourth-order valence-electron chi connectivity index (χ4n) is 2.72. The van der Waals surface area contributed by atoms with Crippen molar-refractivity contribution in [3.05, 3.63) is 64.7 Å². The van der Waals surface area contributed by atoms with Crippen LogP contribution >= 0.6 is 23.4 Å². The number of thioether (sulfide) groups is 1. The summed E-state index contributed by atoms with van der Waals surface area (Å²) in [6.45, 7) is 0.307. The molecule has 0 saturated carbocycles. The van der Waals surface area contributed by atoms with Crippen LogP contribution in [0.1, 0.15) is 20.7 Å². The molecule has 0 bridgehead atoms. The molecule has 1 aliphatic heterocycles. The van der Waals surface area contributed by atoms with E-state index >= 15 is 0 Å². The Bertz CT molecular complexity index is 952. The maximum atomic E-state index is 12.3. The SMILES string of the molecule is O=C1c2ccccc2C(=O)N1CCSc1n[nH]c(-c2ccc(Cl)cc2)n1. The summed E-state index contributed by atoms with van der Waals surface area (Å²) < 4.78 is 0. The topological polar surface area (TPSA) is 79.0 Å². The zero-order valence-corrected chi connectivity index (χ0v) is 15.0. The number of carbonyl (C=O) groups excluding carboxylic acids is 2. The third kappa shape index (κ3) is 3.11. The van der Waals surface area contributed by atoms with E-state index in [1.54, 1.807) is 36.4 Å². The van der Waals surface area contributed by atoms with Gasteiger partial charge in [0.15, 0.2) is 5.82 Å². The summed E-state index contributed by atoms with van der Waals surface area (Å²) in [6, 6.07) is 14.2. The van der Waals surface area contributed by atoms with Crippen molar-refractivity contribution in [2.45, 2.75) is 5.16 Å². The van der Waals surface area contributed by atoms with E-state index in [1.165, 1.54) is 16.7 Å². The Morgan fingerprint density at radius 1 is 1.00 bits per heavy atom. The molecule has 1 aliphatic rings. The first kappa shape index (κ1) is 16.8. The smallest absolute Gasteiger partial charge is 0.261 e. The molecule has 2 amide bonds. The van der Waals surface area contributed by atoms with Crippen LogP contribution in [0.25, 0.3) is 11.4 Å². The van der Waals surface area contributed by atoms with Crippen LogP contribution in [0.15, 0.2) is 53.7 Å². The van der Waals surface area contributed by atoms with Crippen molar-refractivity contribution in [1.82, 2.24) is 20.1 Å². The Kier molecular flexibility index (Phi) is 4.48. The summed E-state index contributed by atoms with van der Waals surface area (Å²) in [5.74, 6) is 0.666. The molecule has 8 heteroatoms. The van der Waals surface area contributed by atoms with Gasteiger partial charge >= 0.3 is 0 Å². The minimum Gasteiger partial charge on any atom is -0.273 e. The van der Waals surface area contributed by atoms with E-state index in [4.69, 9.17) is 11.6 Å². The molecule has 0 fully saturated rings. The average Bonchev–Trinajstić information content (AvgIpc) is 3.22. The van der Waals surface area contributed by atoms with Gasteiger partial charge in [0.1, 0.15) is 0 Å². The molecule has 26 heavy (non-hydrogen) atoms. The van der Waals surface area contributed by atoms with Crippen molar-refractivity contribution in [1.29, 1.82) is 0 Å². The molecule has 1 aromatic heterocycles. The molecule has 0 aliphatic carbocycles. The molecule has 0 saturated heterocycles. The number of amides is 2. The Hall–Kier alpha value is -2.64. The predicted molar refractivity (Wildman–Crippen MR) is 99.4 cm³/mol. The summed E-state index contributed by atoms with van der Waals surface area (Å²) in [5.41, 5.74) is 1.81. The molecule has 4 rings (SSSR count). The molecule has 130 valence electrons. The highest BCUT2D eigenvalue weighted by atomic mass is 35.5. The van der Waals surface area contributed by atoms with Crippen molar-refractivity contribution in [3.63, 3.8) is 0 Å². The van der Waals surface area contributed by atoms with Gasteiger partial charge in [-0.05, 0) is 36.4 Å². The molecule has 0 spiro atoms. The van der Waals surface area contributed by atoms with Crippen molar-refractivity contribution in [2.75, 3.05) is 12.3 Å². The number of H-pyrrole nitrogens is 1. The highest BCUT2D eigenvalue weighted by Gasteiger charge is 2.34. The highest BCUT2D eigenvalue weighted by molar-refractivity contribution is 7.99. The van der Waals surface area contributed by atoms with E-state index < -0.39 is 0 Å². The first-order valence-electron chi connectivity index (χ1n) is 7.90. The fraction of sp³-hybridized carbons (Fsp3) is 0.111. The third-order valence-electron chi connectivity index (χ3n) is 4.01. The van der Waals surface area contributed by atoms with Crippen LogP contribution < -0.4 is 0 Å². The summed E-state index contributed by atoms with van der Waals surface area (Å²) >= 11 is 7.27. The van der Waals surface area contributed by atoms with E-state index in [0.717, 1.165) is 5.56 Å². The lowest BCUT2D eigenvalue weighted by Gasteiger charge is -2.12. The first-order chi connectivity index (χ1) is 12.6. The Morgan fingerprint density at radius 2 is 1.65 bits per heavy atom. The summed E-state index contributed by atoms with van der Waals surface area (Å²) in [5, 5.41) is 8.26. The van der Waals surface area contributed by atoms with E-state index in [1.807, 2.05) is 12.1 Å². The number of carbonyl (C=O) groups is 2. The molecule has 6 nitrogen and oxygen atoms in total. The summed E-state index contributed by atoms with van der Waals surface area (Å²) in [6.07, 6.45) is 0. The largest absolute Gasteiger partial charge is 0.273 e. The van der Waals surface area contributed by atoms with Gasteiger partial charge in [-0.1, -0.05) is 35.5 Å². The predicted octanol–water partition coefficient (Wildman–Crippen LogP) is 3.51. The quantitative estimate of drug-likeness (QED) is 0.538. The second-order valence-electron chi connectivity index (χ2n) is 5.63. The normalized spacial score (nSPS) is 13.3. The van der Waals surface area contributed by atoms with Crippen molar-refractivity contribution < 1.29 is 9.59 Å². The van der Waals surface area contributed by atoms with Crippen LogP contribution in [0, 0.1) is 0 Å². The van der Waals surface area contributed by atoms with Gasteiger partial charge in [-0.2, -0.15) is 0 Å². The van der Waals surface area contributed by atoms with Crippen LogP contribution in [0.4, 0.5) is 0 Å². The molecule has 3 aromatic rings. The first-order valence-corrected chi connectivity index (χ1v) is 9.26. The molecular formula is C18H13ClN4O2S. The van der Waals surface area contributed by atoms with Gasteiger partial charge in [-0.3, -0.25) is 19.6 Å². The molecule has 0 unspecified atom stereocenters. The summed E-state index contributed by atoms with van der Waals surface area (Å²) in [4.78, 5) is 30.3. The van der Waals surface area contributed by atoms with Crippen LogP contribution in [-0.4, -0.2) is 44.2 Å². The zero-order chi connectivity index (χ0) is 18.1. The van der Waals surface area contributed by atoms with Crippen LogP contribution in [-0.2, 0) is 0 Å². The Balaban J connectivity index is 1.38. The third-order valence-corrected chi connectivity index (χ3v) is 5.09. The number of nitrogens with one attached hydrogen (secondary N) is 1. The number of aromatic amines is 1. The molecule has 1 N–H and O–H groups in total. The van der Waals surface area contributed by atoms with Gasteiger partial charge in [-0.25, -0.2) is 4.98 Å². The molecule has 2 aromatic carbocycles. The average molecular weight is 385 g/mol. The minimum atomic E-state index is -0.247. The molecule has 2 heterocycles. The molecular weight excluding hydrogens is 372 g/mol. The number of benzene rings is 2. The molecule has 0 radical (unpaired) electrons. The Labute approximate surface area is 158 Å². The lowest BCUT2D eigenvalue weighted by molar-refractivity contribution is 0.0664. The van der Waals surface area contributed by atoms with Crippen LogP contribution in [0.3, 0.4) is 0 Å². The van der Waals surface area contributed by atoms with E-state index in [9.17, 15) is 9.59 Å². The number of nitrogens with zero attached hydrogens (tertiary/aromatic N) is 3. The number of rotatable bonds is 5. The van der Waals surface area contributed by atoms with E-state index in [-0.39, 0.29) is 11.8 Å². The number of hydrogen-bond acceptors (Lipinski definition) is 5. The number of fused-ring (bicyclic) bond motifs is 1. The lowest BCUT2D eigenvalue weighted by Crippen LogP contribution is -2.31. The number of aromatic nitrogens is 3. The number of halogens is 1. The van der Waals surface area contributed by atoms with Gasteiger partial charge in [0.05, 0.1) is 11.1 Å². The maximum Gasteiger partial charge on any atom is 0.261 e. The molecule has 0 atom stereocenters. The fourth-order valence-corrected chi connectivity index (χ4v) is 3.57. The van der Waals surface area contributed by atoms with E-state index in [2.05, 4.69) is 15.2 Å². The van der Waals surface area contributed by atoms with Crippen LogP contribution in [0.2, 0.25) is 5.02 Å². The second kappa shape index (κ2) is 6.93. The monoisotopic (exact) mass is 384 g/mol. The van der Waals surface area contributed by atoms with Crippen molar-refractivity contribution in [3.8, 4) is 11.4 Å². The number of imide groups is 1. The van der Waals surface area contributed by atoms with Gasteiger partial charge in [0.2, 0.25) is 5.16 Å². The van der Waals surface area contributed by atoms with Gasteiger partial charge < -0.3 is 0 Å². The minimum absolute atomic E-state index is 0.247. The van der Waals surface area contributed by atoms with Gasteiger partial charge in [0, 0.05) is 22.9 Å². The maximum absolute atomic E-state index is 12.3. The van der Waals surface area contributed by atoms with Crippen molar-refractivity contribution >= 4 is 35.2 Å². The number of hydrogen-bond donors (Lipinski definition) is 1. The zero-order valence-electron chi connectivity index (χ0n) is 13.5. The second-order valence-corrected chi connectivity index (χ2v) is 7.13. The highest BCUT2D eigenvalue weighted by Crippen LogP contribution is 2.24.